The molecule has 0 radical (unpaired) electrons. The topological polar surface area (TPSA) is 88.7 Å². The highest BCUT2D eigenvalue weighted by Crippen LogP contribution is 2.19. The zero-order valence-corrected chi connectivity index (χ0v) is 20.6. The molecule has 0 aromatic heterocycles. The van der Waals surface area contributed by atoms with E-state index in [2.05, 4.69) is 16.0 Å². The lowest BCUT2D eigenvalue weighted by molar-refractivity contribution is -0.116. The van der Waals surface area contributed by atoms with Crippen LogP contribution < -0.4 is 25.4 Å². The number of anilines is 2. The maximum absolute atomic E-state index is 12.8. The average Bonchev–Trinajstić information content (AvgIpc) is 2.83. The molecule has 0 atom stereocenters. The summed E-state index contributed by atoms with van der Waals surface area (Å²) >= 11 is 5.29. The summed E-state index contributed by atoms with van der Waals surface area (Å²) in [4.78, 5) is 24.7. The first-order chi connectivity index (χ1) is 16.9. The highest BCUT2D eigenvalue weighted by Gasteiger charge is 2.14. The lowest BCUT2D eigenvalue weighted by Gasteiger charge is -2.14. The van der Waals surface area contributed by atoms with Crippen LogP contribution in [0, 0.1) is 5.92 Å². The minimum absolute atomic E-state index is 0.0315. The van der Waals surface area contributed by atoms with Crippen LogP contribution in [-0.2, 0) is 4.79 Å². The van der Waals surface area contributed by atoms with E-state index in [9.17, 15) is 9.59 Å². The quantitative estimate of drug-likeness (QED) is 0.265. The van der Waals surface area contributed by atoms with Gasteiger partial charge in [0.1, 0.15) is 24.7 Å². The molecule has 0 bridgehead atoms. The average molecular weight is 492 g/mol. The predicted molar refractivity (Wildman–Crippen MR) is 142 cm³/mol. The lowest BCUT2D eigenvalue weighted by Crippen LogP contribution is -2.34. The van der Waals surface area contributed by atoms with Gasteiger partial charge in [-0.3, -0.25) is 14.9 Å². The number of hydrogen-bond acceptors (Lipinski definition) is 5. The number of para-hydroxylation sites is 2. The van der Waals surface area contributed by atoms with Crippen molar-refractivity contribution in [1.29, 1.82) is 0 Å². The summed E-state index contributed by atoms with van der Waals surface area (Å²) in [5, 5.41) is 8.64. The molecule has 3 rings (SSSR count). The van der Waals surface area contributed by atoms with Gasteiger partial charge in [0.2, 0.25) is 5.91 Å². The number of ether oxygens (including phenoxy) is 2. The maximum Gasteiger partial charge on any atom is 0.261 e. The van der Waals surface area contributed by atoms with Gasteiger partial charge in [-0.15, -0.1) is 0 Å². The van der Waals surface area contributed by atoms with Crippen molar-refractivity contribution in [3.8, 4) is 11.5 Å². The highest BCUT2D eigenvalue weighted by atomic mass is 32.1. The van der Waals surface area contributed by atoms with E-state index in [-0.39, 0.29) is 29.5 Å². The molecule has 0 fully saturated rings. The van der Waals surface area contributed by atoms with Crippen molar-refractivity contribution in [1.82, 2.24) is 5.32 Å². The Balaban J connectivity index is 1.49. The third kappa shape index (κ3) is 8.75. The molecular formula is C27H29N3O4S. The van der Waals surface area contributed by atoms with Crippen LogP contribution in [0.4, 0.5) is 11.4 Å². The Kier molecular flexibility index (Phi) is 9.62. The van der Waals surface area contributed by atoms with Crippen molar-refractivity contribution < 1.29 is 19.1 Å². The molecule has 2 amide bonds. The van der Waals surface area contributed by atoms with Gasteiger partial charge >= 0.3 is 0 Å². The molecule has 8 heteroatoms. The van der Waals surface area contributed by atoms with Gasteiger partial charge in [0.25, 0.3) is 5.91 Å². The van der Waals surface area contributed by atoms with Gasteiger partial charge in [0, 0.05) is 17.8 Å². The molecule has 0 aliphatic rings. The van der Waals surface area contributed by atoms with Crippen molar-refractivity contribution in [3.63, 3.8) is 0 Å². The van der Waals surface area contributed by atoms with E-state index < -0.39 is 0 Å². The Hall–Kier alpha value is -3.91. The maximum atomic E-state index is 12.8. The fraction of sp³-hybridized carbons (Fsp3) is 0.222. The number of benzene rings is 3. The van der Waals surface area contributed by atoms with E-state index in [4.69, 9.17) is 21.7 Å². The molecule has 0 aliphatic heterocycles. The second-order valence-electron chi connectivity index (χ2n) is 8.14. The summed E-state index contributed by atoms with van der Waals surface area (Å²) in [5.74, 6) is 1.06. The Morgan fingerprint density at radius 2 is 1.40 bits per heavy atom. The minimum Gasteiger partial charge on any atom is -0.490 e. The Labute approximate surface area is 210 Å². The van der Waals surface area contributed by atoms with Crippen LogP contribution in [0.2, 0.25) is 0 Å². The van der Waals surface area contributed by atoms with Crippen molar-refractivity contribution in [2.75, 3.05) is 23.8 Å². The second kappa shape index (κ2) is 13.1. The van der Waals surface area contributed by atoms with Crippen molar-refractivity contribution in [2.45, 2.75) is 20.3 Å². The minimum atomic E-state index is -0.389. The summed E-state index contributed by atoms with van der Waals surface area (Å²) in [6.45, 7) is 4.61. The first-order valence-corrected chi connectivity index (χ1v) is 11.7. The van der Waals surface area contributed by atoms with Gasteiger partial charge in [0.05, 0.1) is 5.56 Å². The number of nitrogens with one attached hydrogen (secondary N) is 3. The fourth-order valence-electron chi connectivity index (χ4n) is 3.16. The SMILES string of the molecule is CC(C)CC(=O)Nc1ccc(NC(=S)NC(=O)c2ccccc2OCCOc2ccccc2)cc1. The number of thiocarbonyl (C=S) groups is 1. The largest absolute Gasteiger partial charge is 0.490 e. The van der Waals surface area contributed by atoms with Crippen molar-refractivity contribution >= 4 is 40.5 Å². The smallest absolute Gasteiger partial charge is 0.261 e. The van der Waals surface area contributed by atoms with Crippen molar-refractivity contribution in [2.24, 2.45) is 5.92 Å². The molecule has 0 heterocycles. The summed E-state index contributed by atoms with van der Waals surface area (Å²) in [7, 11) is 0. The van der Waals surface area contributed by atoms with E-state index in [1.807, 2.05) is 44.2 Å². The Morgan fingerprint density at radius 1 is 0.800 bits per heavy atom. The molecule has 0 unspecified atom stereocenters. The standard InChI is InChI=1S/C27H29N3O4S/c1-19(2)18-25(31)28-20-12-14-21(15-13-20)29-27(35)30-26(32)23-10-6-7-11-24(23)34-17-16-33-22-8-4-3-5-9-22/h3-15,19H,16-18H2,1-2H3,(H,28,31)(H2,29,30,32,35). The Bertz CT molecular complexity index is 1130. The van der Waals surface area contributed by atoms with Gasteiger partial charge in [-0.05, 0) is 66.7 Å². The number of hydrogen-bond donors (Lipinski definition) is 3. The molecule has 182 valence electrons. The zero-order chi connectivity index (χ0) is 25.0. The van der Waals surface area contributed by atoms with Crippen LogP contribution >= 0.6 is 12.2 Å². The highest BCUT2D eigenvalue weighted by molar-refractivity contribution is 7.80. The van der Waals surface area contributed by atoms with E-state index >= 15 is 0 Å². The monoisotopic (exact) mass is 491 g/mol. The normalized spacial score (nSPS) is 10.4. The van der Waals surface area contributed by atoms with Gasteiger partial charge in [0.15, 0.2) is 5.11 Å². The van der Waals surface area contributed by atoms with Gasteiger partial charge in [-0.2, -0.15) is 0 Å². The fourth-order valence-corrected chi connectivity index (χ4v) is 3.37. The van der Waals surface area contributed by atoms with E-state index in [1.54, 1.807) is 48.5 Å². The van der Waals surface area contributed by atoms with E-state index in [0.29, 0.717) is 35.7 Å². The van der Waals surface area contributed by atoms with E-state index in [0.717, 1.165) is 5.75 Å². The van der Waals surface area contributed by atoms with Gasteiger partial charge in [-0.25, -0.2) is 0 Å². The molecule has 0 spiro atoms. The van der Waals surface area contributed by atoms with Crippen LogP contribution in [0.3, 0.4) is 0 Å². The molecular weight excluding hydrogens is 462 g/mol. The summed E-state index contributed by atoms with van der Waals surface area (Å²) in [5.41, 5.74) is 1.73. The molecule has 0 saturated heterocycles. The second-order valence-corrected chi connectivity index (χ2v) is 8.55. The molecule has 0 saturated carbocycles. The lowest BCUT2D eigenvalue weighted by atomic mass is 10.1. The zero-order valence-electron chi connectivity index (χ0n) is 19.7. The van der Waals surface area contributed by atoms with Gasteiger partial charge in [-0.1, -0.05) is 44.2 Å². The third-order valence-electron chi connectivity index (χ3n) is 4.73. The first kappa shape index (κ1) is 25.7. The summed E-state index contributed by atoms with van der Waals surface area (Å²) < 4.78 is 11.4. The number of carbonyl (C=O) groups is 2. The number of carbonyl (C=O) groups excluding carboxylic acids is 2. The molecule has 35 heavy (non-hydrogen) atoms. The Morgan fingerprint density at radius 3 is 2.09 bits per heavy atom. The van der Waals surface area contributed by atoms with Gasteiger partial charge < -0.3 is 20.1 Å². The van der Waals surface area contributed by atoms with Crippen LogP contribution in [0.25, 0.3) is 0 Å². The molecule has 3 aromatic rings. The predicted octanol–water partition coefficient (Wildman–Crippen LogP) is 5.26. The molecule has 7 nitrogen and oxygen atoms in total. The number of rotatable bonds is 10. The summed E-state index contributed by atoms with van der Waals surface area (Å²) in [6, 6.07) is 23.5. The third-order valence-corrected chi connectivity index (χ3v) is 4.94. The van der Waals surface area contributed by atoms with Crippen LogP contribution in [0.5, 0.6) is 11.5 Å². The summed E-state index contributed by atoms with van der Waals surface area (Å²) in [6.07, 6.45) is 0.460. The van der Waals surface area contributed by atoms with Crippen LogP contribution in [0.15, 0.2) is 78.9 Å². The van der Waals surface area contributed by atoms with Crippen molar-refractivity contribution in [3.05, 3.63) is 84.4 Å². The van der Waals surface area contributed by atoms with E-state index in [1.165, 1.54) is 0 Å². The molecule has 3 N–H and O–H groups in total. The first-order valence-electron chi connectivity index (χ1n) is 11.3. The molecule has 3 aromatic carbocycles. The molecule has 0 aliphatic carbocycles. The van der Waals surface area contributed by atoms with Crippen LogP contribution in [0.1, 0.15) is 30.6 Å². The van der Waals surface area contributed by atoms with Crippen LogP contribution in [-0.4, -0.2) is 30.1 Å². The number of amides is 2.